The molecule has 0 aliphatic carbocycles. The second kappa shape index (κ2) is 7.61. The number of benzene rings is 1. The standard InChI is InChI=1S/C19H19FN2O4/c1-11-15(19(24)25)6-7-16(22-11)18(23)21-10-13-8-9-26-17(13)12-2-4-14(20)5-3-12/h2-7,13,17H,8-10H2,1H3,(H,21,23)(H,24,25)/t13-,17-/m0/s1. The van der Waals surface area contributed by atoms with Crippen molar-refractivity contribution in [2.75, 3.05) is 13.2 Å². The summed E-state index contributed by atoms with van der Waals surface area (Å²) >= 11 is 0. The van der Waals surface area contributed by atoms with Crippen LogP contribution in [-0.2, 0) is 4.74 Å². The molecule has 0 unspecified atom stereocenters. The molecule has 136 valence electrons. The molecular weight excluding hydrogens is 339 g/mol. The zero-order chi connectivity index (χ0) is 18.7. The first-order valence-corrected chi connectivity index (χ1v) is 8.32. The molecule has 0 spiro atoms. The van der Waals surface area contributed by atoms with Gasteiger partial charge in [0.25, 0.3) is 5.91 Å². The van der Waals surface area contributed by atoms with Crippen molar-refractivity contribution < 1.29 is 23.8 Å². The number of carbonyl (C=O) groups excluding carboxylic acids is 1. The first-order valence-electron chi connectivity index (χ1n) is 8.32. The normalized spacial score (nSPS) is 19.3. The highest BCUT2D eigenvalue weighted by Crippen LogP contribution is 2.34. The van der Waals surface area contributed by atoms with E-state index >= 15 is 0 Å². The summed E-state index contributed by atoms with van der Waals surface area (Å²) in [6, 6.07) is 8.94. The van der Waals surface area contributed by atoms with Gasteiger partial charge in [0.1, 0.15) is 11.5 Å². The third-order valence-electron chi connectivity index (χ3n) is 4.49. The summed E-state index contributed by atoms with van der Waals surface area (Å²) in [5, 5.41) is 11.8. The number of carbonyl (C=O) groups is 2. The van der Waals surface area contributed by atoms with Crippen LogP contribution in [0, 0.1) is 18.7 Å². The number of hydrogen-bond donors (Lipinski definition) is 2. The van der Waals surface area contributed by atoms with E-state index < -0.39 is 5.97 Å². The summed E-state index contributed by atoms with van der Waals surface area (Å²) in [6.07, 6.45) is 0.590. The lowest BCUT2D eigenvalue weighted by Gasteiger charge is -2.19. The number of nitrogens with zero attached hydrogens (tertiary/aromatic N) is 1. The second-order valence-electron chi connectivity index (χ2n) is 6.24. The molecule has 26 heavy (non-hydrogen) atoms. The molecular formula is C19H19FN2O4. The molecule has 1 fully saturated rings. The Kier molecular flexibility index (Phi) is 5.27. The predicted molar refractivity (Wildman–Crippen MR) is 91.5 cm³/mol. The molecule has 1 aromatic carbocycles. The molecule has 1 aliphatic heterocycles. The maximum absolute atomic E-state index is 13.1. The molecule has 6 nitrogen and oxygen atoms in total. The molecule has 3 rings (SSSR count). The number of pyridine rings is 1. The zero-order valence-electron chi connectivity index (χ0n) is 14.2. The Balaban J connectivity index is 1.64. The van der Waals surface area contributed by atoms with Gasteiger partial charge in [-0.2, -0.15) is 0 Å². The first-order chi connectivity index (χ1) is 12.5. The predicted octanol–water partition coefficient (Wildman–Crippen LogP) is 2.73. The zero-order valence-corrected chi connectivity index (χ0v) is 14.2. The highest BCUT2D eigenvalue weighted by molar-refractivity contribution is 5.94. The number of hydrogen-bond acceptors (Lipinski definition) is 4. The SMILES string of the molecule is Cc1nc(C(=O)NC[C@@H]2CCO[C@H]2c2ccc(F)cc2)ccc1C(=O)O. The third kappa shape index (κ3) is 3.88. The molecule has 1 aliphatic rings. The maximum atomic E-state index is 13.1. The maximum Gasteiger partial charge on any atom is 0.337 e. The summed E-state index contributed by atoms with van der Waals surface area (Å²) in [5.74, 6) is -1.67. The quantitative estimate of drug-likeness (QED) is 0.858. The minimum Gasteiger partial charge on any atom is -0.478 e. The fourth-order valence-corrected chi connectivity index (χ4v) is 3.09. The van der Waals surface area contributed by atoms with Crippen LogP contribution in [0.4, 0.5) is 4.39 Å². The summed E-state index contributed by atoms with van der Waals surface area (Å²) < 4.78 is 18.8. The number of rotatable bonds is 5. The number of aromatic carboxylic acids is 1. The van der Waals surface area contributed by atoms with Crippen molar-refractivity contribution in [2.24, 2.45) is 5.92 Å². The van der Waals surface area contributed by atoms with Crippen LogP contribution in [0.15, 0.2) is 36.4 Å². The molecule has 2 N–H and O–H groups in total. The summed E-state index contributed by atoms with van der Waals surface area (Å²) in [7, 11) is 0. The Bertz CT molecular complexity index is 823. The van der Waals surface area contributed by atoms with Crippen LogP contribution in [0.25, 0.3) is 0 Å². The number of carboxylic acid groups (broad SMARTS) is 1. The van der Waals surface area contributed by atoms with Crippen molar-refractivity contribution in [3.63, 3.8) is 0 Å². The topological polar surface area (TPSA) is 88.5 Å². The van der Waals surface area contributed by atoms with E-state index in [1.165, 1.54) is 24.3 Å². The second-order valence-corrected chi connectivity index (χ2v) is 6.24. The van der Waals surface area contributed by atoms with E-state index in [9.17, 15) is 14.0 Å². The van der Waals surface area contributed by atoms with Crippen LogP contribution >= 0.6 is 0 Å². The van der Waals surface area contributed by atoms with Crippen LogP contribution < -0.4 is 5.32 Å². The average molecular weight is 358 g/mol. The highest BCUT2D eigenvalue weighted by atomic mass is 19.1. The van der Waals surface area contributed by atoms with E-state index in [2.05, 4.69) is 10.3 Å². The summed E-state index contributed by atoms with van der Waals surface area (Å²) in [4.78, 5) is 27.4. The molecule has 0 saturated carbocycles. The number of aryl methyl sites for hydroxylation is 1. The lowest BCUT2D eigenvalue weighted by atomic mass is 9.95. The monoisotopic (exact) mass is 358 g/mol. The Hall–Kier alpha value is -2.80. The van der Waals surface area contributed by atoms with Gasteiger partial charge in [0, 0.05) is 19.1 Å². The number of aromatic nitrogens is 1. The molecule has 2 heterocycles. The molecule has 0 radical (unpaired) electrons. The molecule has 2 aromatic rings. The van der Waals surface area contributed by atoms with Gasteiger partial charge in [-0.25, -0.2) is 14.2 Å². The van der Waals surface area contributed by atoms with Gasteiger partial charge in [-0.1, -0.05) is 12.1 Å². The molecule has 1 saturated heterocycles. The van der Waals surface area contributed by atoms with Crippen LogP contribution in [0.3, 0.4) is 0 Å². The van der Waals surface area contributed by atoms with E-state index in [0.717, 1.165) is 12.0 Å². The van der Waals surface area contributed by atoms with Crippen molar-refractivity contribution in [2.45, 2.75) is 19.4 Å². The number of halogens is 1. The fraction of sp³-hybridized carbons (Fsp3) is 0.316. The van der Waals surface area contributed by atoms with Crippen molar-refractivity contribution in [3.05, 3.63) is 64.7 Å². The number of amides is 1. The van der Waals surface area contributed by atoms with Crippen molar-refractivity contribution in [1.82, 2.24) is 10.3 Å². The molecule has 7 heteroatoms. The molecule has 0 bridgehead atoms. The van der Waals surface area contributed by atoms with Gasteiger partial charge in [-0.15, -0.1) is 0 Å². The van der Waals surface area contributed by atoms with E-state index in [1.807, 2.05) is 0 Å². The minimum absolute atomic E-state index is 0.0714. The lowest BCUT2D eigenvalue weighted by molar-refractivity contribution is 0.0694. The first kappa shape index (κ1) is 18.0. The van der Waals surface area contributed by atoms with Crippen LogP contribution in [0.2, 0.25) is 0 Å². The van der Waals surface area contributed by atoms with E-state index in [4.69, 9.17) is 9.84 Å². The van der Waals surface area contributed by atoms with Gasteiger partial charge in [0.15, 0.2) is 0 Å². The van der Waals surface area contributed by atoms with Gasteiger partial charge in [-0.3, -0.25) is 4.79 Å². The Morgan fingerprint density at radius 3 is 2.65 bits per heavy atom. The van der Waals surface area contributed by atoms with Gasteiger partial charge < -0.3 is 15.2 Å². The van der Waals surface area contributed by atoms with Crippen LogP contribution in [0.1, 0.15) is 44.6 Å². The molecule has 1 aromatic heterocycles. The van der Waals surface area contributed by atoms with Gasteiger partial charge in [0.2, 0.25) is 0 Å². The third-order valence-corrected chi connectivity index (χ3v) is 4.49. The van der Waals surface area contributed by atoms with Crippen LogP contribution in [-0.4, -0.2) is 35.1 Å². The summed E-state index contributed by atoms with van der Waals surface area (Å²) in [5.41, 5.74) is 1.41. The average Bonchev–Trinajstić information content (AvgIpc) is 3.08. The lowest BCUT2D eigenvalue weighted by Crippen LogP contribution is -2.31. The van der Waals surface area contributed by atoms with Crippen molar-refractivity contribution in [1.29, 1.82) is 0 Å². The fourth-order valence-electron chi connectivity index (χ4n) is 3.09. The van der Waals surface area contributed by atoms with Crippen molar-refractivity contribution in [3.8, 4) is 0 Å². The van der Waals surface area contributed by atoms with Gasteiger partial charge >= 0.3 is 5.97 Å². The molecule has 2 atom stereocenters. The minimum atomic E-state index is -1.08. The Labute approximate surface area is 150 Å². The number of nitrogens with one attached hydrogen (secondary N) is 1. The summed E-state index contributed by atoms with van der Waals surface area (Å²) in [6.45, 7) is 2.52. The largest absolute Gasteiger partial charge is 0.478 e. The highest BCUT2D eigenvalue weighted by Gasteiger charge is 2.30. The van der Waals surface area contributed by atoms with E-state index in [-0.39, 0.29) is 35.0 Å². The van der Waals surface area contributed by atoms with Gasteiger partial charge in [-0.05, 0) is 43.2 Å². The number of ether oxygens (including phenoxy) is 1. The van der Waals surface area contributed by atoms with Gasteiger partial charge in [0.05, 0.1) is 17.4 Å². The van der Waals surface area contributed by atoms with E-state index in [1.54, 1.807) is 19.1 Å². The van der Waals surface area contributed by atoms with Crippen molar-refractivity contribution >= 4 is 11.9 Å². The van der Waals surface area contributed by atoms with E-state index in [0.29, 0.717) is 18.8 Å². The number of carboxylic acids is 1. The molecule has 1 amide bonds. The Morgan fingerprint density at radius 2 is 2.00 bits per heavy atom. The Morgan fingerprint density at radius 1 is 1.27 bits per heavy atom. The van der Waals surface area contributed by atoms with Crippen LogP contribution in [0.5, 0.6) is 0 Å². The smallest absolute Gasteiger partial charge is 0.337 e.